The molecule has 1 aliphatic heterocycles. The molecule has 0 aliphatic carbocycles. The van der Waals surface area contributed by atoms with Gasteiger partial charge in [-0.25, -0.2) is 0 Å². The lowest BCUT2D eigenvalue weighted by Crippen LogP contribution is -2.31. The van der Waals surface area contributed by atoms with Gasteiger partial charge >= 0.3 is 5.97 Å². The molecule has 1 atom stereocenters. The van der Waals surface area contributed by atoms with E-state index < -0.39 is 5.97 Å². The summed E-state index contributed by atoms with van der Waals surface area (Å²) in [5, 5.41) is 8.51. The van der Waals surface area contributed by atoms with Gasteiger partial charge in [0.2, 0.25) is 5.91 Å². The second kappa shape index (κ2) is 8.43. The van der Waals surface area contributed by atoms with Crippen molar-refractivity contribution < 1.29 is 19.4 Å². The fourth-order valence-corrected chi connectivity index (χ4v) is 2.51. The van der Waals surface area contributed by atoms with Crippen LogP contribution in [0.15, 0.2) is 0 Å². The fourth-order valence-electron chi connectivity index (χ4n) is 1.88. The number of nitrogens with zero attached hydrogens (tertiary/aromatic N) is 1. The van der Waals surface area contributed by atoms with Gasteiger partial charge in [-0.05, 0) is 18.8 Å². The van der Waals surface area contributed by atoms with Crippen molar-refractivity contribution in [1.29, 1.82) is 0 Å². The van der Waals surface area contributed by atoms with E-state index in [1.807, 2.05) is 0 Å². The highest BCUT2D eigenvalue weighted by atomic mass is 32.2. The van der Waals surface area contributed by atoms with Gasteiger partial charge in [-0.3, -0.25) is 9.59 Å². The van der Waals surface area contributed by atoms with Crippen LogP contribution in [0.2, 0.25) is 0 Å². The van der Waals surface area contributed by atoms with Gasteiger partial charge < -0.3 is 14.7 Å². The van der Waals surface area contributed by atoms with Crippen LogP contribution >= 0.6 is 11.8 Å². The van der Waals surface area contributed by atoms with E-state index >= 15 is 0 Å². The van der Waals surface area contributed by atoms with Crippen molar-refractivity contribution >= 4 is 23.6 Å². The van der Waals surface area contributed by atoms with Crippen molar-refractivity contribution in [3.63, 3.8) is 0 Å². The van der Waals surface area contributed by atoms with Gasteiger partial charge in [0.15, 0.2) is 0 Å². The summed E-state index contributed by atoms with van der Waals surface area (Å²) in [6.45, 7) is 6.43. The molecule has 1 N–H and O–H groups in total. The Labute approximate surface area is 118 Å². The number of rotatable bonds is 8. The van der Waals surface area contributed by atoms with E-state index in [9.17, 15) is 9.59 Å². The average molecular weight is 289 g/mol. The zero-order chi connectivity index (χ0) is 14.3. The zero-order valence-corrected chi connectivity index (χ0v) is 12.4. The summed E-state index contributed by atoms with van der Waals surface area (Å²) in [7, 11) is 0. The first kappa shape index (κ1) is 16.3. The number of ether oxygens (including phenoxy) is 1. The minimum atomic E-state index is -0.880. The minimum absolute atomic E-state index is 0.0150. The molecule has 1 amide bonds. The van der Waals surface area contributed by atoms with Gasteiger partial charge in [0.1, 0.15) is 0 Å². The molecule has 1 heterocycles. The van der Waals surface area contributed by atoms with E-state index in [0.717, 1.165) is 37.8 Å². The lowest BCUT2D eigenvalue weighted by molar-refractivity contribution is -0.133. The molecule has 0 radical (unpaired) electrons. The standard InChI is InChI=1S/C13H23NO4S/c1-10(2)4-6-18-11-3-5-14(7-11)12(15)8-19-9-13(16)17/h10-11H,3-9H2,1-2H3,(H,16,17). The van der Waals surface area contributed by atoms with E-state index in [1.165, 1.54) is 0 Å². The van der Waals surface area contributed by atoms with Crippen LogP contribution in [0, 0.1) is 5.92 Å². The molecule has 1 rings (SSSR count). The zero-order valence-electron chi connectivity index (χ0n) is 11.6. The summed E-state index contributed by atoms with van der Waals surface area (Å²) in [5.74, 6) is -0.0132. The Hall–Kier alpha value is -0.750. The maximum absolute atomic E-state index is 11.8. The lowest BCUT2D eigenvalue weighted by Gasteiger charge is -2.16. The van der Waals surface area contributed by atoms with Gasteiger partial charge in [0.05, 0.1) is 17.6 Å². The van der Waals surface area contributed by atoms with Gasteiger partial charge in [0.25, 0.3) is 0 Å². The topological polar surface area (TPSA) is 66.8 Å². The maximum atomic E-state index is 11.8. The Kier molecular flexibility index (Phi) is 7.23. The second-order valence-electron chi connectivity index (χ2n) is 5.19. The van der Waals surface area contributed by atoms with Crippen LogP contribution in [0.5, 0.6) is 0 Å². The van der Waals surface area contributed by atoms with Crippen molar-refractivity contribution in [2.45, 2.75) is 32.8 Å². The molecule has 0 bridgehead atoms. The Bertz CT molecular complexity index is 309. The highest BCUT2D eigenvalue weighted by Crippen LogP contribution is 2.15. The number of amides is 1. The third-order valence-corrected chi connectivity index (χ3v) is 3.90. The van der Waals surface area contributed by atoms with Gasteiger partial charge in [0, 0.05) is 19.7 Å². The first-order valence-electron chi connectivity index (χ1n) is 6.68. The van der Waals surface area contributed by atoms with Crippen LogP contribution in [0.25, 0.3) is 0 Å². The fraction of sp³-hybridized carbons (Fsp3) is 0.846. The van der Waals surface area contributed by atoms with Crippen molar-refractivity contribution in [3.8, 4) is 0 Å². The largest absolute Gasteiger partial charge is 0.481 e. The molecule has 110 valence electrons. The van der Waals surface area contributed by atoms with Crippen LogP contribution in [0.1, 0.15) is 26.7 Å². The van der Waals surface area contributed by atoms with E-state index in [0.29, 0.717) is 12.5 Å². The maximum Gasteiger partial charge on any atom is 0.313 e. The van der Waals surface area contributed by atoms with Gasteiger partial charge in [-0.1, -0.05) is 13.8 Å². The van der Waals surface area contributed by atoms with Crippen LogP contribution in [-0.2, 0) is 14.3 Å². The van der Waals surface area contributed by atoms with Crippen molar-refractivity contribution in [1.82, 2.24) is 4.90 Å². The molecular formula is C13H23NO4S. The van der Waals surface area contributed by atoms with Crippen molar-refractivity contribution in [2.24, 2.45) is 5.92 Å². The Morgan fingerprint density at radius 2 is 2.16 bits per heavy atom. The number of hydrogen-bond donors (Lipinski definition) is 1. The molecule has 0 spiro atoms. The van der Waals surface area contributed by atoms with Gasteiger partial charge in [-0.2, -0.15) is 0 Å². The Morgan fingerprint density at radius 1 is 1.42 bits per heavy atom. The normalized spacial score (nSPS) is 19.1. The smallest absolute Gasteiger partial charge is 0.313 e. The number of carboxylic acid groups (broad SMARTS) is 1. The van der Waals surface area contributed by atoms with E-state index in [4.69, 9.17) is 9.84 Å². The molecule has 0 aromatic heterocycles. The van der Waals surface area contributed by atoms with Gasteiger partial charge in [-0.15, -0.1) is 11.8 Å². The molecule has 6 heteroatoms. The molecule has 0 aromatic rings. The summed E-state index contributed by atoms with van der Waals surface area (Å²) in [6.07, 6.45) is 2.07. The molecule has 1 aliphatic rings. The molecule has 1 unspecified atom stereocenters. The SMILES string of the molecule is CC(C)CCOC1CCN(C(=O)CSCC(=O)O)C1. The number of thioether (sulfide) groups is 1. The van der Waals surface area contributed by atoms with Crippen molar-refractivity contribution in [3.05, 3.63) is 0 Å². The minimum Gasteiger partial charge on any atom is -0.481 e. The summed E-state index contributed by atoms with van der Waals surface area (Å²) in [6, 6.07) is 0. The van der Waals surface area contributed by atoms with Crippen LogP contribution in [0.3, 0.4) is 0 Å². The first-order valence-corrected chi connectivity index (χ1v) is 7.83. The molecule has 0 saturated carbocycles. The summed E-state index contributed by atoms with van der Waals surface area (Å²) >= 11 is 1.15. The van der Waals surface area contributed by atoms with E-state index in [2.05, 4.69) is 13.8 Å². The Morgan fingerprint density at radius 3 is 2.79 bits per heavy atom. The number of carbonyl (C=O) groups is 2. The quantitative estimate of drug-likeness (QED) is 0.733. The summed E-state index contributed by atoms with van der Waals surface area (Å²) < 4.78 is 5.74. The molecule has 1 saturated heterocycles. The Balaban J connectivity index is 2.16. The molecular weight excluding hydrogens is 266 g/mol. The predicted octanol–water partition coefficient (Wildman–Crippen LogP) is 1.47. The van der Waals surface area contributed by atoms with E-state index in [-0.39, 0.29) is 23.5 Å². The second-order valence-corrected chi connectivity index (χ2v) is 6.18. The first-order chi connectivity index (χ1) is 8.99. The number of hydrogen-bond acceptors (Lipinski definition) is 4. The van der Waals surface area contributed by atoms with Crippen LogP contribution < -0.4 is 0 Å². The molecule has 0 aromatic carbocycles. The monoisotopic (exact) mass is 289 g/mol. The predicted molar refractivity (Wildman–Crippen MR) is 75.4 cm³/mol. The number of carbonyl (C=O) groups excluding carboxylic acids is 1. The summed E-state index contributed by atoms with van der Waals surface area (Å²) in [5.41, 5.74) is 0. The third-order valence-electron chi connectivity index (χ3n) is 3.00. The molecule has 1 fully saturated rings. The highest BCUT2D eigenvalue weighted by molar-refractivity contribution is 8.00. The number of aliphatic carboxylic acids is 1. The van der Waals surface area contributed by atoms with Crippen LogP contribution in [0.4, 0.5) is 0 Å². The number of likely N-dealkylation sites (tertiary alicyclic amines) is 1. The molecule has 19 heavy (non-hydrogen) atoms. The molecule has 5 nitrogen and oxygen atoms in total. The highest BCUT2D eigenvalue weighted by Gasteiger charge is 2.26. The van der Waals surface area contributed by atoms with E-state index in [1.54, 1.807) is 4.90 Å². The summed E-state index contributed by atoms with van der Waals surface area (Å²) in [4.78, 5) is 23.9. The lowest BCUT2D eigenvalue weighted by atomic mass is 10.1. The average Bonchev–Trinajstić information content (AvgIpc) is 2.76. The van der Waals surface area contributed by atoms with Crippen LogP contribution in [-0.4, -0.2) is 59.2 Å². The van der Waals surface area contributed by atoms with Crippen molar-refractivity contribution in [2.75, 3.05) is 31.2 Å². The third kappa shape index (κ3) is 6.82. The number of carboxylic acids is 1.